The Labute approximate surface area is 125 Å². The third kappa shape index (κ3) is 3.67. The minimum atomic E-state index is 0.0369. The fraction of sp³-hybridized carbons (Fsp3) is 0.600. The Morgan fingerprint density at radius 3 is 2.65 bits per heavy atom. The SMILES string of the molecule is CCc1cnc(C(C)NCc2cnn(C(C)(C)C)c2)s1. The topological polar surface area (TPSA) is 42.7 Å². The number of aromatic nitrogens is 3. The summed E-state index contributed by atoms with van der Waals surface area (Å²) in [5.74, 6) is 0. The molecule has 0 bridgehead atoms. The van der Waals surface area contributed by atoms with E-state index in [0.29, 0.717) is 0 Å². The van der Waals surface area contributed by atoms with Crippen LogP contribution in [-0.2, 0) is 18.5 Å². The Balaban J connectivity index is 1.93. The van der Waals surface area contributed by atoms with Crippen molar-refractivity contribution < 1.29 is 0 Å². The second-order valence-corrected chi connectivity index (χ2v) is 7.23. The van der Waals surface area contributed by atoms with Crippen molar-refractivity contribution in [3.63, 3.8) is 0 Å². The van der Waals surface area contributed by atoms with Crippen LogP contribution in [0.25, 0.3) is 0 Å². The molecule has 0 aliphatic carbocycles. The summed E-state index contributed by atoms with van der Waals surface area (Å²) in [4.78, 5) is 5.82. The first-order valence-electron chi connectivity index (χ1n) is 7.12. The van der Waals surface area contributed by atoms with Gasteiger partial charge in [0.1, 0.15) is 5.01 Å². The first-order valence-corrected chi connectivity index (χ1v) is 7.94. The largest absolute Gasteiger partial charge is 0.304 e. The van der Waals surface area contributed by atoms with Crippen LogP contribution in [0, 0.1) is 0 Å². The standard InChI is InChI=1S/C15H24N4S/c1-6-13-9-17-14(20-13)11(2)16-7-12-8-18-19(10-12)15(3,4)5/h8-11,16H,6-7H2,1-5H3. The van der Waals surface area contributed by atoms with Gasteiger partial charge in [0.15, 0.2) is 0 Å². The second-order valence-electron chi connectivity index (χ2n) is 6.08. The van der Waals surface area contributed by atoms with Gasteiger partial charge in [-0.1, -0.05) is 6.92 Å². The van der Waals surface area contributed by atoms with Gasteiger partial charge >= 0.3 is 0 Å². The molecule has 0 fully saturated rings. The molecule has 0 radical (unpaired) electrons. The van der Waals surface area contributed by atoms with E-state index in [1.807, 2.05) is 17.1 Å². The summed E-state index contributed by atoms with van der Waals surface area (Å²) < 4.78 is 2.01. The zero-order chi connectivity index (χ0) is 14.8. The van der Waals surface area contributed by atoms with Gasteiger partial charge in [-0.05, 0) is 34.1 Å². The van der Waals surface area contributed by atoms with E-state index in [0.717, 1.165) is 18.0 Å². The van der Waals surface area contributed by atoms with Gasteiger partial charge in [0.05, 0.1) is 17.8 Å². The van der Waals surface area contributed by atoms with Gasteiger partial charge in [-0.2, -0.15) is 5.10 Å². The number of thiazole rings is 1. The van der Waals surface area contributed by atoms with Crippen molar-refractivity contribution in [2.24, 2.45) is 0 Å². The zero-order valence-corrected chi connectivity index (χ0v) is 13.8. The molecule has 0 aromatic carbocycles. The van der Waals surface area contributed by atoms with Crippen molar-refractivity contribution in [1.29, 1.82) is 0 Å². The molecule has 2 heterocycles. The summed E-state index contributed by atoms with van der Waals surface area (Å²) in [5.41, 5.74) is 1.24. The fourth-order valence-corrected chi connectivity index (χ4v) is 2.75. The first-order chi connectivity index (χ1) is 9.40. The van der Waals surface area contributed by atoms with Crippen LogP contribution in [0.5, 0.6) is 0 Å². The highest BCUT2D eigenvalue weighted by atomic mass is 32.1. The van der Waals surface area contributed by atoms with Crippen LogP contribution in [0.4, 0.5) is 0 Å². The van der Waals surface area contributed by atoms with Crippen LogP contribution in [-0.4, -0.2) is 14.8 Å². The van der Waals surface area contributed by atoms with Crippen molar-refractivity contribution in [3.05, 3.63) is 34.0 Å². The van der Waals surface area contributed by atoms with Gasteiger partial charge in [-0.25, -0.2) is 4.98 Å². The maximum absolute atomic E-state index is 4.48. The Hall–Kier alpha value is -1.20. The van der Waals surface area contributed by atoms with E-state index in [1.54, 1.807) is 11.3 Å². The monoisotopic (exact) mass is 292 g/mol. The molecule has 0 saturated carbocycles. The summed E-state index contributed by atoms with van der Waals surface area (Å²) in [6.45, 7) is 11.6. The fourth-order valence-electron chi connectivity index (χ4n) is 1.86. The molecule has 0 aliphatic rings. The molecule has 20 heavy (non-hydrogen) atoms. The van der Waals surface area contributed by atoms with Crippen LogP contribution in [0.3, 0.4) is 0 Å². The highest BCUT2D eigenvalue weighted by Gasteiger charge is 2.14. The normalized spacial score (nSPS) is 13.7. The number of rotatable bonds is 5. The highest BCUT2D eigenvalue weighted by molar-refractivity contribution is 7.11. The molecule has 0 saturated heterocycles. The van der Waals surface area contributed by atoms with Crippen LogP contribution in [0.2, 0.25) is 0 Å². The Morgan fingerprint density at radius 1 is 1.35 bits per heavy atom. The molecule has 1 unspecified atom stereocenters. The van der Waals surface area contributed by atoms with Gasteiger partial charge in [0, 0.05) is 29.4 Å². The molecule has 4 nitrogen and oxygen atoms in total. The lowest BCUT2D eigenvalue weighted by atomic mass is 10.1. The smallest absolute Gasteiger partial charge is 0.109 e. The number of nitrogens with zero attached hydrogens (tertiary/aromatic N) is 3. The predicted molar refractivity (Wildman–Crippen MR) is 84.0 cm³/mol. The Morgan fingerprint density at radius 2 is 2.10 bits per heavy atom. The average molecular weight is 292 g/mol. The Bertz CT molecular complexity index is 550. The number of hydrogen-bond acceptors (Lipinski definition) is 4. The third-order valence-corrected chi connectivity index (χ3v) is 4.55. The summed E-state index contributed by atoms with van der Waals surface area (Å²) >= 11 is 1.79. The molecular formula is C15H24N4S. The Kier molecular flexibility index (Phi) is 4.60. The summed E-state index contributed by atoms with van der Waals surface area (Å²) in [5, 5.41) is 9.09. The van der Waals surface area contributed by atoms with E-state index < -0.39 is 0 Å². The summed E-state index contributed by atoms with van der Waals surface area (Å²) in [6.07, 6.45) is 7.09. The lowest BCUT2D eigenvalue weighted by Gasteiger charge is -2.18. The number of nitrogens with one attached hydrogen (secondary N) is 1. The molecule has 2 aromatic rings. The highest BCUT2D eigenvalue weighted by Crippen LogP contribution is 2.20. The molecule has 1 N–H and O–H groups in total. The van der Waals surface area contributed by atoms with E-state index in [-0.39, 0.29) is 11.6 Å². The van der Waals surface area contributed by atoms with Crippen LogP contribution >= 0.6 is 11.3 Å². The van der Waals surface area contributed by atoms with Crippen molar-refractivity contribution in [3.8, 4) is 0 Å². The molecule has 110 valence electrons. The molecule has 2 aromatic heterocycles. The maximum Gasteiger partial charge on any atom is 0.109 e. The number of hydrogen-bond donors (Lipinski definition) is 1. The van der Waals surface area contributed by atoms with Crippen LogP contribution in [0.15, 0.2) is 18.6 Å². The molecule has 5 heteroatoms. The molecular weight excluding hydrogens is 268 g/mol. The second kappa shape index (κ2) is 6.06. The minimum Gasteiger partial charge on any atom is -0.304 e. The molecule has 0 amide bonds. The van der Waals surface area contributed by atoms with Crippen molar-refractivity contribution >= 4 is 11.3 Å². The maximum atomic E-state index is 4.48. The van der Waals surface area contributed by atoms with Crippen molar-refractivity contribution in [1.82, 2.24) is 20.1 Å². The van der Waals surface area contributed by atoms with Gasteiger partial charge < -0.3 is 5.32 Å². The number of aryl methyl sites for hydroxylation is 1. The minimum absolute atomic E-state index is 0.0369. The van der Waals surface area contributed by atoms with Crippen molar-refractivity contribution in [2.75, 3.05) is 0 Å². The van der Waals surface area contributed by atoms with Gasteiger partial charge in [0.2, 0.25) is 0 Å². The lowest BCUT2D eigenvalue weighted by Crippen LogP contribution is -2.22. The van der Waals surface area contributed by atoms with E-state index in [9.17, 15) is 0 Å². The van der Waals surface area contributed by atoms with Crippen molar-refractivity contribution in [2.45, 2.75) is 59.2 Å². The quantitative estimate of drug-likeness (QED) is 0.917. The summed E-state index contributed by atoms with van der Waals surface area (Å²) in [7, 11) is 0. The van der Waals surface area contributed by atoms with E-state index in [4.69, 9.17) is 0 Å². The van der Waals surface area contributed by atoms with Gasteiger partial charge in [0.25, 0.3) is 0 Å². The first kappa shape index (κ1) is 15.2. The predicted octanol–water partition coefficient (Wildman–Crippen LogP) is 3.51. The van der Waals surface area contributed by atoms with E-state index >= 15 is 0 Å². The van der Waals surface area contributed by atoms with Crippen LogP contribution in [0.1, 0.15) is 56.1 Å². The third-order valence-electron chi connectivity index (χ3n) is 3.23. The molecule has 0 spiro atoms. The lowest BCUT2D eigenvalue weighted by molar-refractivity contribution is 0.355. The zero-order valence-electron chi connectivity index (χ0n) is 13.0. The van der Waals surface area contributed by atoms with Crippen LogP contribution < -0.4 is 5.32 Å². The van der Waals surface area contributed by atoms with E-state index in [1.165, 1.54) is 10.4 Å². The average Bonchev–Trinajstić information content (AvgIpc) is 3.04. The molecule has 1 atom stereocenters. The molecule has 0 aliphatic heterocycles. The van der Waals surface area contributed by atoms with Gasteiger partial charge in [-0.15, -0.1) is 11.3 Å². The molecule has 2 rings (SSSR count). The van der Waals surface area contributed by atoms with E-state index in [2.05, 4.69) is 56.2 Å². The summed E-state index contributed by atoms with van der Waals surface area (Å²) in [6, 6.07) is 0.276. The van der Waals surface area contributed by atoms with Gasteiger partial charge in [-0.3, -0.25) is 4.68 Å².